The number of nitrogens with zero attached hydrogens (tertiary/aromatic N) is 2. The molecular formula is C12H23N3S. The Kier molecular flexibility index (Phi) is 5.38. The number of thiazole rings is 1. The molecule has 0 aliphatic heterocycles. The standard InChI is InChI=1S/C12H23N3S/c1-5-9(2)11(13)6-15(4)7-12-10(3)14-8-16-12/h8-9,11H,5-7,13H2,1-4H3. The van der Waals surface area contributed by atoms with E-state index in [9.17, 15) is 0 Å². The quantitative estimate of drug-likeness (QED) is 0.830. The van der Waals surface area contributed by atoms with Crippen molar-refractivity contribution >= 4 is 11.3 Å². The van der Waals surface area contributed by atoms with Crippen molar-refractivity contribution in [3.63, 3.8) is 0 Å². The van der Waals surface area contributed by atoms with Gasteiger partial charge in [-0.1, -0.05) is 20.3 Å². The summed E-state index contributed by atoms with van der Waals surface area (Å²) in [7, 11) is 2.13. The van der Waals surface area contributed by atoms with E-state index in [4.69, 9.17) is 5.73 Å². The Hall–Kier alpha value is -0.450. The predicted octanol–water partition coefficient (Wildman–Crippen LogP) is 2.26. The van der Waals surface area contributed by atoms with E-state index in [2.05, 4.69) is 37.7 Å². The second kappa shape index (κ2) is 6.33. The maximum absolute atomic E-state index is 6.14. The second-order valence-corrected chi connectivity index (χ2v) is 5.55. The molecule has 0 radical (unpaired) electrons. The lowest BCUT2D eigenvalue weighted by molar-refractivity contribution is 0.269. The van der Waals surface area contributed by atoms with Crippen molar-refractivity contribution in [3.05, 3.63) is 16.1 Å². The number of aromatic nitrogens is 1. The summed E-state index contributed by atoms with van der Waals surface area (Å²) in [5.41, 5.74) is 9.20. The molecule has 0 aliphatic carbocycles. The fourth-order valence-corrected chi connectivity index (χ4v) is 2.49. The molecule has 0 bridgehead atoms. The lowest BCUT2D eigenvalue weighted by Crippen LogP contribution is -2.39. The van der Waals surface area contributed by atoms with Crippen molar-refractivity contribution < 1.29 is 0 Å². The Morgan fingerprint density at radius 1 is 1.56 bits per heavy atom. The topological polar surface area (TPSA) is 42.1 Å². The van der Waals surface area contributed by atoms with Crippen LogP contribution in [-0.4, -0.2) is 29.5 Å². The van der Waals surface area contributed by atoms with Crippen molar-refractivity contribution in [1.82, 2.24) is 9.88 Å². The van der Waals surface area contributed by atoms with Gasteiger partial charge in [0, 0.05) is 24.0 Å². The molecule has 2 atom stereocenters. The van der Waals surface area contributed by atoms with Gasteiger partial charge in [-0.25, -0.2) is 4.98 Å². The van der Waals surface area contributed by atoms with Gasteiger partial charge in [-0.2, -0.15) is 0 Å². The van der Waals surface area contributed by atoms with Crippen LogP contribution in [0.15, 0.2) is 5.51 Å². The average molecular weight is 241 g/mol. The van der Waals surface area contributed by atoms with Gasteiger partial charge in [0.25, 0.3) is 0 Å². The van der Waals surface area contributed by atoms with E-state index >= 15 is 0 Å². The molecule has 2 N–H and O–H groups in total. The zero-order chi connectivity index (χ0) is 12.1. The Morgan fingerprint density at radius 3 is 2.75 bits per heavy atom. The van der Waals surface area contributed by atoms with Gasteiger partial charge in [-0.3, -0.25) is 4.90 Å². The molecule has 16 heavy (non-hydrogen) atoms. The van der Waals surface area contributed by atoms with Crippen molar-refractivity contribution in [1.29, 1.82) is 0 Å². The molecule has 0 aliphatic rings. The highest BCUT2D eigenvalue weighted by Gasteiger charge is 2.14. The Bertz CT molecular complexity index is 311. The summed E-state index contributed by atoms with van der Waals surface area (Å²) in [6, 6.07) is 0.267. The SMILES string of the molecule is CCC(C)C(N)CN(C)Cc1scnc1C. The largest absolute Gasteiger partial charge is 0.326 e. The molecule has 3 nitrogen and oxygen atoms in total. The summed E-state index contributed by atoms with van der Waals surface area (Å²) in [5, 5.41) is 0. The fraction of sp³-hybridized carbons (Fsp3) is 0.750. The van der Waals surface area contributed by atoms with Crippen molar-refractivity contribution in [3.8, 4) is 0 Å². The first-order chi connectivity index (χ1) is 7.54. The molecule has 0 fully saturated rings. The first-order valence-corrected chi connectivity index (χ1v) is 6.75. The number of nitrogens with two attached hydrogens (primary N) is 1. The zero-order valence-corrected chi connectivity index (χ0v) is 11.5. The molecule has 1 aromatic rings. The van der Waals surface area contributed by atoms with Crippen LogP contribution in [0.4, 0.5) is 0 Å². The molecule has 0 amide bonds. The number of aryl methyl sites for hydroxylation is 1. The number of hydrogen-bond acceptors (Lipinski definition) is 4. The Labute approximate surface area is 103 Å². The third-order valence-electron chi connectivity index (χ3n) is 3.16. The number of hydrogen-bond donors (Lipinski definition) is 1. The first-order valence-electron chi connectivity index (χ1n) is 5.87. The van der Waals surface area contributed by atoms with Crippen LogP contribution in [0, 0.1) is 12.8 Å². The van der Waals surface area contributed by atoms with E-state index in [1.54, 1.807) is 11.3 Å². The minimum atomic E-state index is 0.267. The van der Waals surface area contributed by atoms with Crippen LogP contribution in [0.5, 0.6) is 0 Å². The van der Waals surface area contributed by atoms with Gasteiger partial charge in [-0.05, 0) is 19.9 Å². The molecule has 2 unspecified atom stereocenters. The molecule has 1 aromatic heterocycles. The molecule has 0 saturated heterocycles. The molecule has 1 rings (SSSR count). The van der Waals surface area contributed by atoms with Gasteiger partial charge in [0.1, 0.15) is 0 Å². The third-order valence-corrected chi connectivity index (χ3v) is 4.08. The van der Waals surface area contributed by atoms with Crippen molar-refractivity contribution in [2.75, 3.05) is 13.6 Å². The summed E-state index contributed by atoms with van der Waals surface area (Å²) < 4.78 is 0. The van der Waals surface area contributed by atoms with E-state index in [0.717, 1.165) is 25.2 Å². The summed E-state index contributed by atoms with van der Waals surface area (Å²) in [6.07, 6.45) is 1.15. The summed E-state index contributed by atoms with van der Waals surface area (Å²) in [4.78, 5) is 7.90. The Morgan fingerprint density at radius 2 is 2.25 bits per heavy atom. The van der Waals surface area contributed by atoms with Gasteiger partial charge in [0.05, 0.1) is 11.2 Å². The van der Waals surface area contributed by atoms with Crippen molar-refractivity contribution in [2.24, 2.45) is 11.7 Å². The van der Waals surface area contributed by atoms with Crippen LogP contribution >= 0.6 is 11.3 Å². The molecule has 1 heterocycles. The van der Waals surface area contributed by atoms with Crippen LogP contribution in [-0.2, 0) is 6.54 Å². The lowest BCUT2D eigenvalue weighted by atomic mass is 10.00. The molecular weight excluding hydrogens is 218 g/mol. The van der Waals surface area contributed by atoms with Crippen molar-refractivity contribution in [2.45, 2.75) is 39.8 Å². The molecule has 0 spiro atoms. The lowest BCUT2D eigenvalue weighted by Gasteiger charge is -2.24. The van der Waals surface area contributed by atoms with Gasteiger partial charge in [0.2, 0.25) is 0 Å². The third kappa shape index (κ3) is 3.85. The average Bonchev–Trinajstić information content (AvgIpc) is 2.63. The number of rotatable bonds is 6. The Balaban J connectivity index is 2.42. The fourth-order valence-electron chi connectivity index (χ4n) is 1.63. The van der Waals surface area contributed by atoms with E-state index in [1.165, 1.54) is 4.88 Å². The summed E-state index contributed by atoms with van der Waals surface area (Å²) in [5.74, 6) is 0.588. The maximum atomic E-state index is 6.14. The minimum Gasteiger partial charge on any atom is -0.326 e. The smallest absolute Gasteiger partial charge is 0.0798 e. The van der Waals surface area contributed by atoms with Gasteiger partial charge < -0.3 is 5.73 Å². The number of likely N-dealkylation sites (N-methyl/N-ethyl adjacent to an activating group) is 1. The van der Waals surface area contributed by atoms with E-state index in [1.807, 2.05) is 5.51 Å². The van der Waals surface area contributed by atoms with Crippen LogP contribution < -0.4 is 5.73 Å². The highest BCUT2D eigenvalue weighted by Crippen LogP contribution is 2.15. The van der Waals surface area contributed by atoms with Crippen LogP contribution in [0.3, 0.4) is 0 Å². The molecule has 0 aromatic carbocycles. The highest BCUT2D eigenvalue weighted by molar-refractivity contribution is 7.09. The minimum absolute atomic E-state index is 0.267. The summed E-state index contributed by atoms with van der Waals surface area (Å²) in [6.45, 7) is 8.38. The zero-order valence-electron chi connectivity index (χ0n) is 10.7. The van der Waals surface area contributed by atoms with Crippen LogP contribution in [0.25, 0.3) is 0 Å². The monoisotopic (exact) mass is 241 g/mol. The highest BCUT2D eigenvalue weighted by atomic mass is 32.1. The molecule has 4 heteroatoms. The predicted molar refractivity (Wildman–Crippen MR) is 70.6 cm³/mol. The second-order valence-electron chi connectivity index (χ2n) is 4.61. The summed E-state index contributed by atoms with van der Waals surface area (Å²) >= 11 is 1.73. The van der Waals surface area contributed by atoms with Crippen LogP contribution in [0.2, 0.25) is 0 Å². The van der Waals surface area contributed by atoms with E-state index in [0.29, 0.717) is 5.92 Å². The molecule has 0 saturated carbocycles. The molecule has 92 valence electrons. The van der Waals surface area contributed by atoms with Gasteiger partial charge in [-0.15, -0.1) is 11.3 Å². The van der Waals surface area contributed by atoms with Gasteiger partial charge in [0.15, 0.2) is 0 Å². The van der Waals surface area contributed by atoms with E-state index < -0.39 is 0 Å². The maximum Gasteiger partial charge on any atom is 0.0798 e. The normalized spacial score (nSPS) is 15.4. The van der Waals surface area contributed by atoms with E-state index in [-0.39, 0.29) is 6.04 Å². The van der Waals surface area contributed by atoms with Gasteiger partial charge >= 0.3 is 0 Å². The first kappa shape index (κ1) is 13.6. The van der Waals surface area contributed by atoms with Crippen LogP contribution in [0.1, 0.15) is 30.8 Å².